The monoisotopic (exact) mass is 254 g/mol. The summed E-state index contributed by atoms with van der Waals surface area (Å²) in [6.07, 6.45) is 1.78. The van der Waals surface area contributed by atoms with Gasteiger partial charge in [-0.2, -0.15) is 5.10 Å². The fraction of sp³-hybridized carbons (Fsp3) is 0.750. The smallest absolute Gasteiger partial charge is 0.329 e. The zero-order chi connectivity index (χ0) is 14.0. The maximum atomic E-state index is 10.0. The van der Waals surface area contributed by atoms with E-state index in [2.05, 4.69) is 5.10 Å². The highest BCUT2D eigenvalue weighted by molar-refractivity contribution is 6.46. The van der Waals surface area contributed by atoms with Gasteiger partial charge in [0.1, 0.15) is 0 Å². The lowest BCUT2D eigenvalue weighted by Gasteiger charge is -2.37. The molecule has 0 atom stereocenters. The zero-order valence-corrected chi connectivity index (χ0v) is 12.1. The van der Waals surface area contributed by atoms with Crippen LogP contribution in [0.1, 0.15) is 33.3 Å². The van der Waals surface area contributed by atoms with Gasteiger partial charge < -0.3 is 14.5 Å². The van der Waals surface area contributed by atoms with Crippen molar-refractivity contribution in [2.45, 2.75) is 45.5 Å². The highest BCUT2D eigenvalue weighted by atomic mass is 16.5. The van der Waals surface area contributed by atoms with Gasteiger partial charge in [-0.05, 0) is 27.7 Å². The molecule has 0 bridgehead atoms. The highest BCUT2D eigenvalue weighted by Gasteiger charge is 2.36. The number of hydrogen-bond donors (Lipinski definition) is 1. The lowest BCUT2D eigenvalue weighted by Crippen LogP contribution is -2.50. The number of aromatic nitrogens is 2. The number of methoxy groups -OCH3 is 1. The fourth-order valence-corrected chi connectivity index (χ4v) is 1.40. The van der Waals surface area contributed by atoms with E-state index in [1.165, 1.54) is 0 Å². The summed E-state index contributed by atoms with van der Waals surface area (Å²) in [6.45, 7) is 7.74. The molecule has 1 heterocycles. The minimum atomic E-state index is -0.910. The summed E-state index contributed by atoms with van der Waals surface area (Å²) in [5, 5.41) is 14.2. The molecule has 0 radical (unpaired) electrons. The summed E-state index contributed by atoms with van der Waals surface area (Å²) in [5.41, 5.74) is 0.426. The van der Waals surface area contributed by atoms with Crippen molar-refractivity contribution in [2.75, 3.05) is 7.11 Å². The third kappa shape index (κ3) is 3.34. The second-order valence-electron chi connectivity index (χ2n) is 5.53. The van der Waals surface area contributed by atoms with Crippen LogP contribution in [0.3, 0.4) is 0 Å². The van der Waals surface area contributed by atoms with Crippen molar-refractivity contribution >= 4 is 13.1 Å². The van der Waals surface area contributed by atoms with Crippen molar-refractivity contribution in [3.63, 3.8) is 0 Å². The first-order valence-electron chi connectivity index (χ1n) is 6.04. The molecule has 1 rings (SSSR count). The Bertz CT molecular complexity index is 397. The molecule has 0 spiro atoms. The van der Waals surface area contributed by atoms with Crippen molar-refractivity contribution in [3.8, 4) is 0 Å². The first-order chi connectivity index (χ1) is 8.19. The number of aryl methyl sites for hydroxylation is 1. The van der Waals surface area contributed by atoms with E-state index < -0.39 is 11.2 Å². The van der Waals surface area contributed by atoms with E-state index in [0.29, 0.717) is 14.1 Å². The molecule has 18 heavy (non-hydrogen) atoms. The zero-order valence-electron chi connectivity index (χ0n) is 12.1. The number of hydrogen-bond acceptors (Lipinski definition) is 4. The van der Waals surface area contributed by atoms with Crippen molar-refractivity contribution in [2.24, 2.45) is 7.05 Å². The highest BCUT2D eigenvalue weighted by Crippen LogP contribution is 2.24. The van der Waals surface area contributed by atoms with E-state index in [0.717, 1.165) is 11.2 Å². The maximum absolute atomic E-state index is 10.0. The Hall–Kier alpha value is -0.845. The van der Waals surface area contributed by atoms with E-state index in [-0.39, 0.29) is 0 Å². The third-order valence-electron chi connectivity index (χ3n) is 3.49. The summed E-state index contributed by atoms with van der Waals surface area (Å²) in [4.78, 5) is 0. The third-order valence-corrected chi connectivity index (χ3v) is 3.49. The summed E-state index contributed by atoms with van der Waals surface area (Å²) in [6, 6.07) is 0. The van der Waals surface area contributed by atoms with Crippen LogP contribution >= 0.6 is 0 Å². The van der Waals surface area contributed by atoms with Gasteiger partial charge in [-0.3, -0.25) is 4.68 Å². The summed E-state index contributed by atoms with van der Waals surface area (Å²) >= 11 is 0. The van der Waals surface area contributed by atoms with Crippen LogP contribution in [-0.4, -0.2) is 40.7 Å². The van der Waals surface area contributed by atoms with Gasteiger partial charge in [0, 0.05) is 25.3 Å². The molecule has 1 N–H and O–H groups in total. The predicted molar refractivity (Wildman–Crippen MR) is 72.2 cm³/mol. The number of rotatable bonds is 6. The molecule has 0 saturated carbocycles. The lowest BCUT2D eigenvalue weighted by molar-refractivity contribution is -0.0894. The molecule has 0 aromatic carbocycles. The van der Waals surface area contributed by atoms with Gasteiger partial charge in [0.05, 0.1) is 24.0 Å². The first-order valence-corrected chi connectivity index (χ1v) is 6.04. The molecule has 0 saturated heterocycles. The van der Waals surface area contributed by atoms with E-state index in [4.69, 9.17) is 9.39 Å². The fourth-order valence-electron chi connectivity index (χ4n) is 1.40. The van der Waals surface area contributed by atoms with Crippen LogP contribution in [0.5, 0.6) is 0 Å². The van der Waals surface area contributed by atoms with Crippen LogP contribution in [0, 0.1) is 0 Å². The Kier molecular flexibility index (Phi) is 4.58. The lowest BCUT2D eigenvalue weighted by atomic mass is 9.84. The Labute approximate surface area is 109 Å². The number of nitrogens with zero attached hydrogens (tertiary/aromatic N) is 2. The second-order valence-corrected chi connectivity index (χ2v) is 5.53. The minimum Gasteiger partial charge on any atom is -0.425 e. The minimum absolute atomic E-state index is 0.395. The molecule has 0 fully saturated rings. The molecule has 1 aromatic rings. The van der Waals surface area contributed by atoms with E-state index in [1.54, 1.807) is 31.8 Å². The molecule has 0 unspecified atom stereocenters. The molecule has 0 aliphatic rings. The molecule has 0 amide bonds. The Morgan fingerprint density at radius 3 is 2.50 bits per heavy atom. The van der Waals surface area contributed by atoms with Crippen LogP contribution in [0.4, 0.5) is 0 Å². The quantitative estimate of drug-likeness (QED) is 0.732. The molecule has 1 aromatic heterocycles. The van der Waals surface area contributed by atoms with Gasteiger partial charge in [-0.15, -0.1) is 0 Å². The van der Waals surface area contributed by atoms with Gasteiger partial charge >= 0.3 is 7.48 Å². The van der Waals surface area contributed by atoms with Crippen molar-refractivity contribution in [1.29, 1.82) is 0 Å². The first kappa shape index (κ1) is 15.2. The van der Waals surface area contributed by atoms with Gasteiger partial charge in [-0.25, -0.2) is 0 Å². The van der Waals surface area contributed by atoms with Crippen molar-refractivity contribution in [3.05, 3.63) is 11.8 Å². The average molecular weight is 254 g/mol. The Balaban J connectivity index is 2.77. The van der Waals surface area contributed by atoms with E-state index in [9.17, 15) is 5.11 Å². The van der Waals surface area contributed by atoms with E-state index in [1.807, 2.05) is 20.9 Å². The van der Waals surface area contributed by atoms with Gasteiger partial charge in [0.25, 0.3) is 0 Å². The van der Waals surface area contributed by atoms with Gasteiger partial charge in [0.15, 0.2) is 0 Å². The second kappa shape index (κ2) is 5.42. The SMILES string of the molecule is COCc1cnn(C)c1BOC(C)(C)C(C)(C)O. The molecule has 102 valence electrons. The largest absolute Gasteiger partial charge is 0.425 e. The molecule has 0 aliphatic carbocycles. The molecule has 0 aliphatic heterocycles. The van der Waals surface area contributed by atoms with Crippen molar-refractivity contribution < 1.29 is 14.5 Å². The Morgan fingerprint density at radius 1 is 1.39 bits per heavy atom. The molecule has 5 nitrogen and oxygen atoms in total. The molecular formula is C12H23BN2O3. The number of aliphatic hydroxyl groups is 1. The van der Waals surface area contributed by atoms with Crippen LogP contribution in [0.25, 0.3) is 0 Å². The standard InChI is InChI=1S/C12H23BN2O3/c1-11(2,16)12(3,4)18-13-10-9(8-17-6)7-14-15(10)5/h7,13,16H,8H2,1-6H3. The predicted octanol–water partition coefficient (Wildman–Crippen LogP) is 0.109. The number of ether oxygens (including phenoxy) is 1. The molecule has 6 heteroatoms. The maximum Gasteiger partial charge on any atom is 0.329 e. The summed E-state index contributed by atoms with van der Waals surface area (Å²) in [7, 11) is 3.92. The van der Waals surface area contributed by atoms with Gasteiger partial charge in [0.2, 0.25) is 0 Å². The van der Waals surface area contributed by atoms with Crippen LogP contribution in [-0.2, 0) is 23.0 Å². The summed E-state index contributed by atoms with van der Waals surface area (Å²) < 4.78 is 12.7. The van der Waals surface area contributed by atoms with Crippen LogP contribution in [0.2, 0.25) is 0 Å². The van der Waals surface area contributed by atoms with E-state index >= 15 is 0 Å². The normalized spacial score (nSPS) is 12.8. The van der Waals surface area contributed by atoms with Crippen LogP contribution in [0.15, 0.2) is 6.20 Å². The van der Waals surface area contributed by atoms with Gasteiger partial charge in [-0.1, -0.05) is 0 Å². The summed E-state index contributed by atoms with van der Waals surface area (Å²) in [5.74, 6) is 0. The van der Waals surface area contributed by atoms with Crippen molar-refractivity contribution in [1.82, 2.24) is 9.78 Å². The van der Waals surface area contributed by atoms with Crippen LogP contribution < -0.4 is 5.59 Å². The topological polar surface area (TPSA) is 56.5 Å². The Morgan fingerprint density at radius 2 is 2.00 bits per heavy atom. The molecular weight excluding hydrogens is 231 g/mol. The average Bonchev–Trinajstić information content (AvgIpc) is 2.56.